The minimum absolute atomic E-state index is 0.312. The first-order valence-corrected chi connectivity index (χ1v) is 7.37. The summed E-state index contributed by atoms with van der Waals surface area (Å²) in [5.41, 5.74) is -0.312. The summed E-state index contributed by atoms with van der Waals surface area (Å²) in [7, 11) is 1.90. The van der Waals surface area contributed by atoms with Crippen molar-refractivity contribution in [2.45, 2.75) is 52.0 Å². The van der Waals surface area contributed by atoms with E-state index in [2.05, 4.69) is 37.1 Å². The van der Waals surface area contributed by atoms with Crippen molar-refractivity contribution >= 4 is 0 Å². The molecule has 1 aliphatic heterocycles. The second-order valence-electron chi connectivity index (χ2n) is 6.11. The van der Waals surface area contributed by atoms with Gasteiger partial charge in [0.25, 0.3) is 0 Å². The summed E-state index contributed by atoms with van der Waals surface area (Å²) < 4.78 is 0. The predicted molar refractivity (Wildman–Crippen MR) is 76.3 cm³/mol. The van der Waals surface area contributed by atoms with Crippen LogP contribution in [-0.4, -0.2) is 37.1 Å². The maximum Gasteiger partial charge on any atom is 0.106 e. The molecule has 1 rings (SSSR count). The maximum atomic E-state index is 9.27. The molecule has 18 heavy (non-hydrogen) atoms. The number of hydrogen-bond donors (Lipinski definition) is 1. The van der Waals surface area contributed by atoms with Gasteiger partial charge in [0.05, 0.1) is 6.07 Å². The van der Waals surface area contributed by atoms with Crippen LogP contribution in [0.1, 0.15) is 46.5 Å². The molecule has 0 radical (unpaired) electrons. The van der Waals surface area contributed by atoms with Crippen LogP contribution in [0.3, 0.4) is 0 Å². The van der Waals surface area contributed by atoms with Crippen molar-refractivity contribution in [3.8, 4) is 6.07 Å². The molecule has 0 bridgehead atoms. The standard InChI is InChI=1S/C15H29N3/c1-5-15(12-16,17-4)7-6-8-18-10-13(2)9-14(3)11-18/h13-14,17H,5-11H2,1-4H3. The van der Waals surface area contributed by atoms with E-state index >= 15 is 0 Å². The van der Waals surface area contributed by atoms with E-state index in [4.69, 9.17) is 0 Å². The maximum absolute atomic E-state index is 9.27. The van der Waals surface area contributed by atoms with E-state index in [1.807, 2.05) is 7.05 Å². The monoisotopic (exact) mass is 251 g/mol. The third-order valence-electron chi connectivity index (χ3n) is 4.32. The first kappa shape index (κ1) is 15.5. The molecule has 3 atom stereocenters. The second-order valence-corrected chi connectivity index (χ2v) is 6.11. The van der Waals surface area contributed by atoms with Crippen molar-refractivity contribution in [1.82, 2.24) is 10.2 Å². The van der Waals surface area contributed by atoms with Gasteiger partial charge in [0, 0.05) is 13.1 Å². The van der Waals surface area contributed by atoms with Crippen LogP contribution >= 0.6 is 0 Å². The number of rotatable bonds is 6. The van der Waals surface area contributed by atoms with Gasteiger partial charge < -0.3 is 10.2 Å². The zero-order chi connectivity index (χ0) is 13.6. The Morgan fingerprint density at radius 2 is 1.94 bits per heavy atom. The fourth-order valence-electron chi connectivity index (χ4n) is 3.25. The van der Waals surface area contributed by atoms with Gasteiger partial charge in [0.2, 0.25) is 0 Å². The minimum Gasteiger partial charge on any atom is -0.303 e. The molecule has 0 saturated carbocycles. The molecule has 1 fully saturated rings. The van der Waals surface area contributed by atoms with Crippen LogP contribution in [0.15, 0.2) is 0 Å². The molecule has 104 valence electrons. The molecule has 0 spiro atoms. The summed E-state index contributed by atoms with van der Waals surface area (Å²) in [4.78, 5) is 2.58. The SMILES string of the molecule is CCC(C#N)(CCCN1CC(C)CC(C)C1)NC. The van der Waals surface area contributed by atoms with Crippen molar-refractivity contribution in [3.05, 3.63) is 0 Å². The Morgan fingerprint density at radius 3 is 2.39 bits per heavy atom. The lowest BCUT2D eigenvalue weighted by molar-refractivity contribution is 0.136. The number of nitriles is 1. The fraction of sp³-hybridized carbons (Fsp3) is 0.933. The molecule has 1 heterocycles. The largest absolute Gasteiger partial charge is 0.303 e. The van der Waals surface area contributed by atoms with Gasteiger partial charge in [-0.1, -0.05) is 20.8 Å². The van der Waals surface area contributed by atoms with Crippen molar-refractivity contribution in [2.24, 2.45) is 11.8 Å². The van der Waals surface area contributed by atoms with Gasteiger partial charge in [-0.15, -0.1) is 0 Å². The third kappa shape index (κ3) is 4.26. The van der Waals surface area contributed by atoms with E-state index in [-0.39, 0.29) is 5.54 Å². The van der Waals surface area contributed by atoms with Gasteiger partial charge >= 0.3 is 0 Å². The summed E-state index contributed by atoms with van der Waals surface area (Å²) in [6.45, 7) is 10.4. The number of nitrogens with one attached hydrogen (secondary N) is 1. The highest BCUT2D eigenvalue weighted by Crippen LogP contribution is 2.22. The lowest BCUT2D eigenvalue weighted by atomic mass is 9.90. The number of likely N-dealkylation sites (tertiary alicyclic amines) is 1. The quantitative estimate of drug-likeness (QED) is 0.789. The Labute approximate surface area is 113 Å². The van der Waals surface area contributed by atoms with Crippen LogP contribution < -0.4 is 5.32 Å². The molecule has 0 amide bonds. The van der Waals surface area contributed by atoms with Gasteiger partial charge in [-0.3, -0.25) is 0 Å². The van der Waals surface area contributed by atoms with E-state index in [1.54, 1.807) is 0 Å². The van der Waals surface area contributed by atoms with E-state index in [0.29, 0.717) is 0 Å². The molecule has 0 aliphatic carbocycles. The summed E-state index contributed by atoms with van der Waals surface area (Å²) in [6, 6.07) is 2.44. The van der Waals surface area contributed by atoms with Crippen molar-refractivity contribution in [3.63, 3.8) is 0 Å². The van der Waals surface area contributed by atoms with Crippen LogP contribution in [0.2, 0.25) is 0 Å². The van der Waals surface area contributed by atoms with Crippen LogP contribution in [-0.2, 0) is 0 Å². The highest BCUT2D eigenvalue weighted by molar-refractivity contribution is 5.05. The summed E-state index contributed by atoms with van der Waals surface area (Å²) in [6.07, 6.45) is 4.31. The molecule has 1 aliphatic rings. The molecule has 0 aromatic carbocycles. The van der Waals surface area contributed by atoms with Crippen molar-refractivity contribution in [1.29, 1.82) is 5.26 Å². The first-order valence-electron chi connectivity index (χ1n) is 7.37. The average molecular weight is 251 g/mol. The normalized spacial score (nSPS) is 28.6. The zero-order valence-corrected chi connectivity index (χ0v) is 12.5. The Hall–Kier alpha value is -0.590. The summed E-state index contributed by atoms with van der Waals surface area (Å²) in [5.74, 6) is 1.65. The van der Waals surface area contributed by atoms with E-state index in [1.165, 1.54) is 19.5 Å². The fourth-order valence-corrected chi connectivity index (χ4v) is 3.25. The summed E-state index contributed by atoms with van der Waals surface area (Å²) in [5, 5.41) is 12.5. The van der Waals surface area contributed by atoms with Crippen LogP contribution in [0.25, 0.3) is 0 Å². The van der Waals surface area contributed by atoms with Crippen LogP contribution in [0.5, 0.6) is 0 Å². The Balaban J connectivity index is 2.35. The molecule has 3 unspecified atom stereocenters. The molecule has 0 aromatic heterocycles. The molecule has 1 N–H and O–H groups in total. The smallest absolute Gasteiger partial charge is 0.106 e. The average Bonchev–Trinajstić information content (AvgIpc) is 2.34. The van der Waals surface area contributed by atoms with Gasteiger partial charge in [-0.2, -0.15) is 5.26 Å². The first-order chi connectivity index (χ1) is 8.55. The molecule has 3 heteroatoms. The van der Waals surface area contributed by atoms with Gasteiger partial charge in [-0.05, 0) is 51.1 Å². The van der Waals surface area contributed by atoms with Gasteiger partial charge in [0.1, 0.15) is 5.54 Å². The zero-order valence-electron chi connectivity index (χ0n) is 12.5. The van der Waals surface area contributed by atoms with E-state index < -0.39 is 0 Å². The number of piperidine rings is 1. The van der Waals surface area contributed by atoms with Crippen molar-refractivity contribution in [2.75, 3.05) is 26.7 Å². The molecular formula is C15H29N3. The highest BCUT2D eigenvalue weighted by Gasteiger charge is 2.26. The predicted octanol–water partition coefficient (Wildman–Crippen LogP) is 2.64. The van der Waals surface area contributed by atoms with Crippen LogP contribution in [0.4, 0.5) is 0 Å². The van der Waals surface area contributed by atoms with Gasteiger partial charge in [-0.25, -0.2) is 0 Å². The third-order valence-corrected chi connectivity index (χ3v) is 4.32. The van der Waals surface area contributed by atoms with E-state index in [0.717, 1.165) is 37.6 Å². The molecule has 1 saturated heterocycles. The lowest BCUT2D eigenvalue weighted by Crippen LogP contribution is -2.43. The minimum atomic E-state index is -0.312. The summed E-state index contributed by atoms with van der Waals surface area (Å²) >= 11 is 0. The highest BCUT2D eigenvalue weighted by atomic mass is 15.1. The molecular weight excluding hydrogens is 222 g/mol. The topological polar surface area (TPSA) is 39.1 Å². The number of hydrogen-bond acceptors (Lipinski definition) is 3. The Morgan fingerprint density at radius 1 is 1.33 bits per heavy atom. The van der Waals surface area contributed by atoms with Gasteiger partial charge in [0.15, 0.2) is 0 Å². The molecule has 3 nitrogen and oxygen atoms in total. The van der Waals surface area contributed by atoms with Crippen molar-refractivity contribution < 1.29 is 0 Å². The van der Waals surface area contributed by atoms with Crippen LogP contribution in [0, 0.1) is 23.2 Å². The van der Waals surface area contributed by atoms with E-state index in [9.17, 15) is 5.26 Å². The Kier molecular flexibility index (Phi) is 6.11. The Bertz CT molecular complexity index is 268. The lowest BCUT2D eigenvalue weighted by Gasteiger charge is -2.35. The number of nitrogens with zero attached hydrogens (tertiary/aromatic N) is 2. The molecule has 0 aromatic rings. The second kappa shape index (κ2) is 7.11.